The minimum Gasteiger partial charge on any atom is -0.398 e. The normalized spacial score (nSPS) is 23.1. The first-order valence-electron chi connectivity index (χ1n) is 12.2. The number of alkyl halides is 3. The minimum absolute atomic E-state index is 0.138. The van der Waals surface area contributed by atoms with Gasteiger partial charge < -0.3 is 27.4 Å². The van der Waals surface area contributed by atoms with E-state index in [0.717, 1.165) is 23.5 Å². The summed E-state index contributed by atoms with van der Waals surface area (Å²) in [7, 11) is 0. The number of hydrogen-bond donors (Lipinski definition) is 4. The zero-order chi connectivity index (χ0) is 28.3. The van der Waals surface area contributed by atoms with Crippen LogP contribution in [0.2, 0.25) is 0 Å². The maximum Gasteiger partial charge on any atom is 0.416 e. The Labute approximate surface area is 225 Å². The van der Waals surface area contributed by atoms with Crippen molar-refractivity contribution in [1.82, 2.24) is 10.2 Å². The van der Waals surface area contributed by atoms with Gasteiger partial charge in [-0.15, -0.1) is 11.3 Å². The van der Waals surface area contributed by atoms with E-state index in [1.165, 1.54) is 18.2 Å². The summed E-state index contributed by atoms with van der Waals surface area (Å²) in [5.41, 5.74) is 17.7. The van der Waals surface area contributed by atoms with Crippen molar-refractivity contribution >= 4 is 44.7 Å². The fourth-order valence-corrected chi connectivity index (χ4v) is 6.65. The van der Waals surface area contributed by atoms with Gasteiger partial charge in [-0.05, 0) is 48.2 Å². The molecular weight excluding hydrogens is 531 g/mol. The predicted octanol–water partition coefficient (Wildman–Crippen LogP) is 3.19. The third kappa shape index (κ3) is 4.28. The van der Waals surface area contributed by atoms with E-state index in [9.17, 15) is 27.6 Å². The quantitative estimate of drug-likeness (QED) is 0.287. The SMILES string of the molecule is C=CC(=O)N1CCCC(NC(=O)c2sc3c(N)ccc4c3c2C(N)C(=O)C4(N)c2ccc(C(F)(F)F)cc2)C1. The van der Waals surface area contributed by atoms with Gasteiger partial charge in [-0.2, -0.15) is 13.2 Å². The highest BCUT2D eigenvalue weighted by molar-refractivity contribution is 7.21. The van der Waals surface area contributed by atoms with Crippen LogP contribution >= 0.6 is 11.3 Å². The van der Waals surface area contributed by atoms with Crippen molar-refractivity contribution in [3.63, 3.8) is 0 Å². The number of piperidine rings is 1. The lowest BCUT2D eigenvalue weighted by Gasteiger charge is -2.37. The average molecular weight is 558 g/mol. The molecule has 3 atom stereocenters. The second kappa shape index (κ2) is 9.47. The van der Waals surface area contributed by atoms with Crippen LogP contribution in [0.15, 0.2) is 49.1 Å². The smallest absolute Gasteiger partial charge is 0.398 e. The molecular formula is C27H26F3N5O3S. The van der Waals surface area contributed by atoms with Crippen molar-refractivity contribution in [2.24, 2.45) is 11.5 Å². The maximum absolute atomic E-state index is 13.7. The van der Waals surface area contributed by atoms with E-state index in [2.05, 4.69) is 11.9 Å². The van der Waals surface area contributed by atoms with Gasteiger partial charge in [0.15, 0.2) is 5.78 Å². The number of nitrogens with zero attached hydrogens (tertiary/aromatic N) is 1. The zero-order valence-corrected chi connectivity index (χ0v) is 21.5. The number of likely N-dealkylation sites (tertiary alicyclic amines) is 1. The van der Waals surface area contributed by atoms with Crippen molar-refractivity contribution in [2.75, 3.05) is 18.8 Å². The summed E-state index contributed by atoms with van der Waals surface area (Å²) in [5.74, 6) is -1.34. The Bertz CT molecular complexity index is 1520. The maximum atomic E-state index is 13.7. The molecule has 1 aromatic heterocycles. The van der Waals surface area contributed by atoms with Gasteiger partial charge in [0.2, 0.25) is 5.91 Å². The number of nitrogens with two attached hydrogens (primary N) is 3. The summed E-state index contributed by atoms with van der Waals surface area (Å²) in [6.45, 7) is 4.39. The third-order valence-corrected chi connectivity index (χ3v) is 8.68. The first-order valence-corrected chi connectivity index (χ1v) is 13.0. The van der Waals surface area contributed by atoms with E-state index < -0.39 is 35.0 Å². The van der Waals surface area contributed by atoms with Crippen LogP contribution in [-0.4, -0.2) is 41.6 Å². The largest absolute Gasteiger partial charge is 0.416 e. The van der Waals surface area contributed by atoms with Crippen molar-refractivity contribution in [1.29, 1.82) is 0 Å². The average Bonchev–Trinajstić information content (AvgIpc) is 3.32. The number of halogens is 3. The summed E-state index contributed by atoms with van der Waals surface area (Å²) in [6.07, 6.45) is -1.98. The number of rotatable bonds is 4. The molecule has 1 aliphatic heterocycles. The van der Waals surface area contributed by atoms with Crippen LogP contribution in [0.4, 0.5) is 18.9 Å². The first kappa shape index (κ1) is 26.9. The van der Waals surface area contributed by atoms with Gasteiger partial charge >= 0.3 is 6.18 Å². The number of nitrogen functional groups attached to an aromatic ring is 1. The number of carbonyl (C=O) groups is 3. The lowest BCUT2D eigenvalue weighted by molar-refractivity contribution is -0.137. The molecule has 3 aromatic rings. The van der Waals surface area contributed by atoms with Gasteiger partial charge in [0.1, 0.15) is 5.54 Å². The van der Waals surface area contributed by atoms with Gasteiger partial charge in [0, 0.05) is 35.8 Å². The number of carbonyl (C=O) groups excluding carboxylic acids is 3. The minimum atomic E-state index is -4.56. The molecule has 204 valence electrons. The van der Waals surface area contributed by atoms with Crippen LogP contribution in [0, 0.1) is 0 Å². The summed E-state index contributed by atoms with van der Waals surface area (Å²) in [4.78, 5) is 41.1. The first-order chi connectivity index (χ1) is 18.4. The number of anilines is 1. The van der Waals surface area contributed by atoms with E-state index in [0.29, 0.717) is 47.3 Å². The second-order valence-corrected chi connectivity index (χ2v) is 10.8. The summed E-state index contributed by atoms with van der Waals surface area (Å²) >= 11 is 1.07. The number of Topliss-reactive ketones (excluding diaryl/α,β-unsaturated/α-hetero) is 1. The van der Waals surface area contributed by atoms with Gasteiger partial charge in [0.25, 0.3) is 5.91 Å². The third-order valence-electron chi connectivity index (χ3n) is 7.43. The van der Waals surface area contributed by atoms with Crippen molar-refractivity contribution in [3.8, 4) is 0 Å². The molecule has 0 saturated carbocycles. The van der Waals surface area contributed by atoms with E-state index in [-0.39, 0.29) is 28.0 Å². The summed E-state index contributed by atoms with van der Waals surface area (Å²) < 4.78 is 40.0. The van der Waals surface area contributed by atoms with Crippen molar-refractivity contribution in [2.45, 2.75) is 36.6 Å². The fraction of sp³-hybridized carbons (Fsp3) is 0.296. The molecule has 39 heavy (non-hydrogen) atoms. The van der Waals surface area contributed by atoms with Gasteiger partial charge in [0.05, 0.1) is 21.2 Å². The van der Waals surface area contributed by atoms with Gasteiger partial charge in [-0.3, -0.25) is 14.4 Å². The Hall–Kier alpha value is -3.74. The van der Waals surface area contributed by atoms with Crippen LogP contribution in [0.3, 0.4) is 0 Å². The number of thiophene rings is 1. The van der Waals surface area contributed by atoms with Crippen LogP contribution in [0.1, 0.15) is 50.8 Å². The molecule has 12 heteroatoms. The summed E-state index contributed by atoms with van der Waals surface area (Å²) in [6, 6.07) is 5.52. The Balaban J connectivity index is 1.58. The van der Waals surface area contributed by atoms with E-state index >= 15 is 0 Å². The molecule has 1 saturated heterocycles. The molecule has 5 rings (SSSR count). The molecule has 1 fully saturated rings. The Morgan fingerprint density at radius 3 is 2.51 bits per heavy atom. The number of ketones is 1. The highest BCUT2D eigenvalue weighted by atomic mass is 32.1. The zero-order valence-electron chi connectivity index (χ0n) is 20.7. The Morgan fingerprint density at radius 2 is 1.87 bits per heavy atom. The van der Waals surface area contributed by atoms with Crippen LogP contribution < -0.4 is 22.5 Å². The molecule has 3 unspecified atom stereocenters. The van der Waals surface area contributed by atoms with E-state index in [1.807, 2.05) is 0 Å². The van der Waals surface area contributed by atoms with E-state index in [4.69, 9.17) is 17.2 Å². The number of nitrogens with one attached hydrogen (secondary N) is 1. The number of benzene rings is 2. The molecule has 7 N–H and O–H groups in total. The molecule has 0 radical (unpaired) electrons. The standard InChI is InChI=1S/C27H26F3N5O3S/c1-2-18(36)35-11-3-4-15(12-35)34-25(38)23-20-19-16(9-10-17(31)22(19)39-23)26(33,24(37)21(20)32)13-5-7-14(8-6-13)27(28,29)30/h2,5-10,15,21H,1,3-4,11-12,31-33H2,(H,34,38). The molecule has 2 aromatic carbocycles. The lowest BCUT2D eigenvalue weighted by atomic mass is 9.70. The monoisotopic (exact) mass is 557 g/mol. The Kier molecular flexibility index (Phi) is 6.52. The number of amides is 2. The lowest BCUT2D eigenvalue weighted by Crippen LogP contribution is -2.53. The van der Waals surface area contributed by atoms with Crippen molar-refractivity contribution < 1.29 is 27.6 Å². The Morgan fingerprint density at radius 1 is 1.18 bits per heavy atom. The predicted molar refractivity (Wildman–Crippen MR) is 142 cm³/mol. The van der Waals surface area contributed by atoms with Crippen molar-refractivity contribution in [3.05, 3.63) is 76.2 Å². The number of hydrogen-bond acceptors (Lipinski definition) is 7. The van der Waals surface area contributed by atoms with Crippen LogP contribution in [-0.2, 0) is 21.3 Å². The molecule has 2 aliphatic rings. The molecule has 0 bridgehead atoms. The van der Waals surface area contributed by atoms with Crippen LogP contribution in [0.25, 0.3) is 10.1 Å². The van der Waals surface area contributed by atoms with Gasteiger partial charge in [-0.25, -0.2) is 0 Å². The van der Waals surface area contributed by atoms with E-state index in [1.54, 1.807) is 17.0 Å². The molecule has 2 amide bonds. The van der Waals surface area contributed by atoms with Crippen LogP contribution in [0.5, 0.6) is 0 Å². The second-order valence-electron chi connectivity index (χ2n) is 9.78. The molecule has 0 spiro atoms. The highest BCUT2D eigenvalue weighted by Crippen LogP contribution is 2.49. The molecule has 1 aliphatic carbocycles. The molecule has 2 heterocycles. The topological polar surface area (TPSA) is 145 Å². The fourth-order valence-electron chi connectivity index (χ4n) is 5.44. The van der Waals surface area contributed by atoms with Gasteiger partial charge in [-0.1, -0.05) is 24.8 Å². The highest BCUT2D eigenvalue weighted by Gasteiger charge is 2.49. The molecule has 8 nitrogen and oxygen atoms in total. The summed E-state index contributed by atoms with van der Waals surface area (Å²) in [5, 5.41) is 3.40.